The molecule has 1 aromatic heterocycles. The minimum absolute atomic E-state index is 0.233. The van der Waals surface area contributed by atoms with Gasteiger partial charge in [-0.2, -0.15) is 0 Å². The Kier molecular flexibility index (Phi) is 5.68. The van der Waals surface area contributed by atoms with Crippen LogP contribution in [-0.2, 0) is 6.42 Å². The summed E-state index contributed by atoms with van der Waals surface area (Å²) in [7, 11) is 0. The van der Waals surface area contributed by atoms with Gasteiger partial charge in [0.05, 0.1) is 11.1 Å². The van der Waals surface area contributed by atoms with Crippen molar-refractivity contribution in [2.75, 3.05) is 6.54 Å². The quantitative estimate of drug-likeness (QED) is 0.887. The lowest BCUT2D eigenvalue weighted by Crippen LogP contribution is -2.40. The molecule has 0 spiro atoms. The summed E-state index contributed by atoms with van der Waals surface area (Å²) in [5, 5.41) is 5.71. The third-order valence-corrected chi connectivity index (χ3v) is 3.29. The minimum atomic E-state index is -0.342. The van der Waals surface area contributed by atoms with E-state index in [0.717, 1.165) is 12.0 Å². The highest BCUT2D eigenvalue weighted by Gasteiger charge is 2.17. The van der Waals surface area contributed by atoms with Crippen molar-refractivity contribution in [3.05, 3.63) is 65.5 Å². The van der Waals surface area contributed by atoms with Crippen LogP contribution in [0, 0.1) is 0 Å². The van der Waals surface area contributed by atoms with Crippen molar-refractivity contribution in [1.82, 2.24) is 15.6 Å². The maximum atomic E-state index is 12.2. The number of nitrogens with one attached hydrogen (secondary N) is 2. The topological polar surface area (TPSA) is 71.1 Å². The summed E-state index contributed by atoms with van der Waals surface area (Å²) in [4.78, 5) is 28.4. The summed E-state index contributed by atoms with van der Waals surface area (Å²) in [5.41, 5.74) is 1.57. The van der Waals surface area contributed by atoms with Gasteiger partial charge < -0.3 is 10.6 Å². The number of rotatable bonds is 5. The zero-order chi connectivity index (χ0) is 17.6. The minimum Gasteiger partial charge on any atom is -0.352 e. The van der Waals surface area contributed by atoms with Crippen LogP contribution in [0.5, 0.6) is 0 Å². The fraction of sp³-hybridized carbons (Fsp3) is 0.316. The van der Waals surface area contributed by atoms with E-state index in [1.807, 2.05) is 51.1 Å². The average Bonchev–Trinajstić information content (AvgIpc) is 2.54. The van der Waals surface area contributed by atoms with Gasteiger partial charge in [0.15, 0.2) is 0 Å². The molecule has 5 heteroatoms. The number of carbonyl (C=O) groups excluding carboxylic acids is 2. The lowest BCUT2D eigenvalue weighted by atomic mass is 10.1. The molecule has 0 fully saturated rings. The van der Waals surface area contributed by atoms with E-state index in [1.165, 1.54) is 12.4 Å². The molecule has 0 aliphatic carbocycles. The Morgan fingerprint density at radius 2 is 1.62 bits per heavy atom. The van der Waals surface area contributed by atoms with E-state index in [9.17, 15) is 9.59 Å². The summed E-state index contributed by atoms with van der Waals surface area (Å²) >= 11 is 0. The second-order valence-corrected chi connectivity index (χ2v) is 6.66. The maximum Gasteiger partial charge on any atom is 0.253 e. The van der Waals surface area contributed by atoms with Crippen LogP contribution in [0.15, 0.2) is 48.8 Å². The molecule has 0 unspecified atom stereocenters. The number of hydrogen-bond acceptors (Lipinski definition) is 3. The van der Waals surface area contributed by atoms with Gasteiger partial charge in [0, 0.05) is 24.5 Å². The van der Waals surface area contributed by atoms with Crippen molar-refractivity contribution in [3.63, 3.8) is 0 Å². The van der Waals surface area contributed by atoms with Crippen LogP contribution in [-0.4, -0.2) is 28.9 Å². The van der Waals surface area contributed by atoms with Gasteiger partial charge in [0.2, 0.25) is 0 Å². The third-order valence-electron chi connectivity index (χ3n) is 3.29. The zero-order valence-corrected chi connectivity index (χ0v) is 14.3. The molecule has 0 saturated carbocycles. The second kappa shape index (κ2) is 7.73. The number of carbonyl (C=O) groups is 2. The van der Waals surface area contributed by atoms with E-state index in [0.29, 0.717) is 17.7 Å². The Morgan fingerprint density at radius 3 is 2.25 bits per heavy atom. The smallest absolute Gasteiger partial charge is 0.253 e. The summed E-state index contributed by atoms with van der Waals surface area (Å²) in [6.07, 6.45) is 3.68. The highest BCUT2D eigenvalue weighted by atomic mass is 16.2. The molecule has 0 bridgehead atoms. The monoisotopic (exact) mass is 325 g/mol. The van der Waals surface area contributed by atoms with Gasteiger partial charge >= 0.3 is 0 Å². The molecule has 2 amide bonds. The summed E-state index contributed by atoms with van der Waals surface area (Å²) in [6, 6.07) is 11.5. The Morgan fingerprint density at radius 1 is 1.00 bits per heavy atom. The SMILES string of the molecule is CC(C)(C)NC(=O)c1cncc(C(=O)NCCc2ccccc2)c1. The van der Waals surface area contributed by atoms with Gasteiger partial charge in [-0.3, -0.25) is 14.6 Å². The Bertz CT molecular complexity index is 706. The third kappa shape index (κ3) is 5.50. The van der Waals surface area contributed by atoms with Crippen molar-refractivity contribution in [1.29, 1.82) is 0 Å². The molecule has 0 saturated heterocycles. The number of hydrogen-bond donors (Lipinski definition) is 2. The van der Waals surface area contributed by atoms with Crippen LogP contribution in [0.4, 0.5) is 0 Å². The van der Waals surface area contributed by atoms with Crippen LogP contribution in [0.25, 0.3) is 0 Å². The standard InChI is InChI=1S/C19H23N3O2/c1-19(2,3)22-18(24)16-11-15(12-20-13-16)17(23)21-10-9-14-7-5-4-6-8-14/h4-8,11-13H,9-10H2,1-3H3,(H,21,23)(H,22,24). The molecule has 0 aliphatic heterocycles. The van der Waals surface area contributed by atoms with Gasteiger partial charge in [0.1, 0.15) is 0 Å². The molecule has 2 aromatic rings. The highest BCUT2D eigenvalue weighted by molar-refractivity contribution is 5.99. The van der Waals surface area contributed by atoms with Crippen LogP contribution in [0.3, 0.4) is 0 Å². The first-order valence-electron chi connectivity index (χ1n) is 7.95. The number of nitrogens with zero attached hydrogens (tertiary/aromatic N) is 1. The molecular weight excluding hydrogens is 302 g/mol. The van der Waals surface area contributed by atoms with Crippen molar-refractivity contribution in [2.45, 2.75) is 32.7 Å². The molecule has 2 N–H and O–H groups in total. The molecule has 5 nitrogen and oxygen atoms in total. The van der Waals surface area contributed by atoms with Crippen LogP contribution >= 0.6 is 0 Å². The molecular formula is C19H23N3O2. The molecule has 126 valence electrons. The lowest BCUT2D eigenvalue weighted by Gasteiger charge is -2.20. The molecule has 1 heterocycles. The van der Waals surface area contributed by atoms with E-state index < -0.39 is 0 Å². The largest absolute Gasteiger partial charge is 0.352 e. The summed E-state index contributed by atoms with van der Waals surface area (Å²) < 4.78 is 0. The maximum absolute atomic E-state index is 12.2. The first-order chi connectivity index (χ1) is 11.3. The van der Waals surface area contributed by atoms with Gasteiger partial charge in [0.25, 0.3) is 11.8 Å². The Hall–Kier alpha value is -2.69. The Labute approximate surface area is 142 Å². The van der Waals surface area contributed by atoms with Crippen LogP contribution < -0.4 is 10.6 Å². The van der Waals surface area contributed by atoms with Gasteiger partial charge in [-0.15, -0.1) is 0 Å². The number of aromatic nitrogens is 1. The van der Waals surface area contributed by atoms with Gasteiger partial charge in [-0.1, -0.05) is 30.3 Å². The van der Waals surface area contributed by atoms with E-state index in [4.69, 9.17) is 0 Å². The predicted molar refractivity (Wildman–Crippen MR) is 93.9 cm³/mol. The zero-order valence-electron chi connectivity index (χ0n) is 14.3. The van der Waals surface area contributed by atoms with Crippen LogP contribution in [0.1, 0.15) is 47.1 Å². The van der Waals surface area contributed by atoms with Crippen molar-refractivity contribution in [3.8, 4) is 0 Å². The normalized spacial score (nSPS) is 11.0. The summed E-state index contributed by atoms with van der Waals surface area (Å²) in [5.74, 6) is -0.474. The number of pyridine rings is 1. The average molecular weight is 325 g/mol. The summed E-state index contributed by atoms with van der Waals surface area (Å²) in [6.45, 7) is 6.23. The highest BCUT2D eigenvalue weighted by Crippen LogP contribution is 2.07. The molecule has 0 atom stereocenters. The van der Waals surface area contributed by atoms with Gasteiger partial charge in [-0.25, -0.2) is 0 Å². The molecule has 1 aromatic carbocycles. The van der Waals surface area contributed by atoms with E-state index >= 15 is 0 Å². The fourth-order valence-corrected chi connectivity index (χ4v) is 2.17. The van der Waals surface area contributed by atoms with Crippen LogP contribution in [0.2, 0.25) is 0 Å². The van der Waals surface area contributed by atoms with Crippen molar-refractivity contribution < 1.29 is 9.59 Å². The fourth-order valence-electron chi connectivity index (χ4n) is 2.17. The predicted octanol–water partition coefficient (Wildman–Crippen LogP) is 2.58. The number of benzene rings is 1. The molecule has 2 rings (SSSR count). The lowest BCUT2D eigenvalue weighted by molar-refractivity contribution is 0.0919. The first-order valence-corrected chi connectivity index (χ1v) is 7.95. The first kappa shape index (κ1) is 17.7. The van der Waals surface area contributed by atoms with Crippen molar-refractivity contribution >= 4 is 11.8 Å². The Balaban J connectivity index is 1.95. The second-order valence-electron chi connectivity index (χ2n) is 6.66. The van der Waals surface area contributed by atoms with E-state index in [1.54, 1.807) is 6.07 Å². The van der Waals surface area contributed by atoms with E-state index in [-0.39, 0.29) is 17.4 Å². The molecule has 0 radical (unpaired) electrons. The number of amides is 2. The van der Waals surface area contributed by atoms with E-state index in [2.05, 4.69) is 15.6 Å². The molecule has 0 aliphatic rings. The molecule has 24 heavy (non-hydrogen) atoms. The van der Waals surface area contributed by atoms with Gasteiger partial charge in [-0.05, 0) is 38.8 Å². The van der Waals surface area contributed by atoms with Crippen molar-refractivity contribution in [2.24, 2.45) is 0 Å².